The molecule has 1 amide bonds. The standard InChI is InChI=1S/C26H25FN6O4S/c1-26(2,27)25(35)32-21-11-17(8-9-29-21)24-18(10-16-6-4-3-5-7-16)23-19(31-24)13-33(14-20(23)34)38(36,37)22-12-28-15-30-22/h3-9,11-12,15,31H,10,13-14H2,1-2H3,(H,28,30)(H,29,32,35). The van der Waals surface area contributed by atoms with E-state index in [0.29, 0.717) is 34.5 Å². The number of H-pyrrole nitrogens is 2. The fourth-order valence-electron chi connectivity index (χ4n) is 4.36. The molecule has 0 atom stereocenters. The summed E-state index contributed by atoms with van der Waals surface area (Å²) in [5.74, 6) is -1.04. The van der Waals surface area contributed by atoms with Crippen LogP contribution in [-0.4, -0.2) is 56.6 Å². The predicted molar refractivity (Wildman–Crippen MR) is 138 cm³/mol. The van der Waals surface area contributed by atoms with E-state index in [4.69, 9.17) is 0 Å². The van der Waals surface area contributed by atoms with E-state index in [2.05, 4.69) is 25.3 Å². The molecule has 4 heterocycles. The molecule has 196 valence electrons. The number of ketones is 1. The zero-order valence-electron chi connectivity index (χ0n) is 20.7. The predicted octanol–water partition coefficient (Wildman–Crippen LogP) is 3.46. The first-order valence-electron chi connectivity index (χ1n) is 11.8. The number of benzene rings is 1. The van der Waals surface area contributed by atoms with Crippen molar-refractivity contribution in [2.75, 3.05) is 11.9 Å². The van der Waals surface area contributed by atoms with Crippen molar-refractivity contribution in [2.24, 2.45) is 0 Å². The fourth-order valence-corrected chi connectivity index (χ4v) is 5.62. The Balaban J connectivity index is 1.58. The van der Waals surface area contributed by atoms with Crippen molar-refractivity contribution in [3.05, 3.63) is 83.6 Å². The number of amides is 1. The average molecular weight is 537 g/mol. The van der Waals surface area contributed by atoms with Crippen molar-refractivity contribution in [3.63, 3.8) is 0 Å². The van der Waals surface area contributed by atoms with Crippen LogP contribution in [0, 0.1) is 0 Å². The second kappa shape index (κ2) is 9.62. The number of hydrogen-bond donors (Lipinski definition) is 3. The molecule has 5 rings (SSSR count). The molecular formula is C26H25FN6O4S. The van der Waals surface area contributed by atoms with Gasteiger partial charge in [-0.1, -0.05) is 30.3 Å². The highest BCUT2D eigenvalue weighted by molar-refractivity contribution is 7.89. The number of rotatable bonds is 7. The molecule has 0 spiro atoms. The van der Waals surface area contributed by atoms with Crippen LogP contribution in [0.3, 0.4) is 0 Å². The third kappa shape index (κ3) is 4.87. The number of anilines is 1. The van der Waals surface area contributed by atoms with Gasteiger partial charge in [0.2, 0.25) is 0 Å². The second-order valence-corrected chi connectivity index (χ2v) is 11.4. The number of alkyl halides is 1. The van der Waals surface area contributed by atoms with E-state index in [0.717, 1.165) is 23.7 Å². The molecule has 0 saturated heterocycles. The number of nitrogens with zero attached hydrogens (tertiary/aromatic N) is 3. The highest BCUT2D eigenvalue weighted by atomic mass is 32.2. The number of imidazole rings is 1. The zero-order chi connectivity index (χ0) is 27.1. The van der Waals surface area contributed by atoms with Crippen molar-refractivity contribution < 1.29 is 22.4 Å². The van der Waals surface area contributed by atoms with Gasteiger partial charge in [-0.2, -0.15) is 4.31 Å². The van der Waals surface area contributed by atoms with Crippen molar-refractivity contribution >= 4 is 27.5 Å². The quantitative estimate of drug-likeness (QED) is 0.330. The van der Waals surface area contributed by atoms with Crippen LogP contribution in [0.4, 0.5) is 10.2 Å². The van der Waals surface area contributed by atoms with Crippen LogP contribution in [0.1, 0.15) is 41.0 Å². The molecule has 0 fully saturated rings. The molecule has 0 unspecified atom stereocenters. The van der Waals surface area contributed by atoms with E-state index in [1.807, 2.05) is 30.3 Å². The number of pyridine rings is 1. The van der Waals surface area contributed by atoms with Crippen molar-refractivity contribution in [2.45, 2.75) is 37.5 Å². The van der Waals surface area contributed by atoms with Gasteiger partial charge < -0.3 is 15.3 Å². The number of aromatic nitrogens is 4. The number of nitrogens with one attached hydrogen (secondary N) is 3. The Hall–Kier alpha value is -4.16. The maximum Gasteiger partial charge on any atom is 0.262 e. The van der Waals surface area contributed by atoms with E-state index in [9.17, 15) is 22.4 Å². The third-order valence-corrected chi connectivity index (χ3v) is 7.98. The van der Waals surface area contributed by atoms with Crippen molar-refractivity contribution in [1.29, 1.82) is 0 Å². The lowest BCUT2D eigenvalue weighted by Crippen LogP contribution is -2.39. The summed E-state index contributed by atoms with van der Waals surface area (Å²) in [5, 5.41) is 2.37. The van der Waals surface area contributed by atoms with Gasteiger partial charge in [-0.05, 0) is 37.1 Å². The highest BCUT2D eigenvalue weighted by Crippen LogP contribution is 2.35. The first-order valence-corrected chi connectivity index (χ1v) is 13.2. The van der Waals surface area contributed by atoms with Gasteiger partial charge in [0.15, 0.2) is 16.5 Å². The maximum absolute atomic E-state index is 14.1. The Kier molecular flexibility index (Phi) is 6.45. The number of hydrogen-bond acceptors (Lipinski definition) is 6. The summed E-state index contributed by atoms with van der Waals surface area (Å²) in [5.41, 5.74) is 1.64. The van der Waals surface area contributed by atoms with Gasteiger partial charge in [-0.25, -0.2) is 22.8 Å². The minimum atomic E-state index is -3.97. The van der Waals surface area contributed by atoms with Gasteiger partial charge in [-0.3, -0.25) is 9.59 Å². The Bertz CT molecular complexity index is 1610. The molecule has 0 bridgehead atoms. The second-order valence-electron chi connectivity index (χ2n) is 9.46. The minimum absolute atomic E-state index is 0.0467. The largest absolute Gasteiger partial charge is 0.356 e. The Morgan fingerprint density at radius 3 is 2.63 bits per heavy atom. The summed E-state index contributed by atoms with van der Waals surface area (Å²) in [7, 11) is -3.97. The molecule has 3 N–H and O–H groups in total. The number of sulfonamides is 1. The fraction of sp³-hybridized carbons (Fsp3) is 0.231. The van der Waals surface area contributed by atoms with Crippen molar-refractivity contribution in [3.8, 4) is 11.3 Å². The smallest absolute Gasteiger partial charge is 0.262 e. The molecule has 1 aliphatic heterocycles. The Morgan fingerprint density at radius 2 is 1.95 bits per heavy atom. The van der Waals surface area contributed by atoms with Gasteiger partial charge in [-0.15, -0.1) is 0 Å². The van der Waals surface area contributed by atoms with Crippen molar-refractivity contribution in [1.82, 2.24) is 24.2 Å². The molecule has 0 radical (unpaired) electrons. The number of carbonyl (C=O) groups excluding carboxylic acids is 2. The number of carbonyl (C=O) groups is 2. The summed E-state index contributed by atoms with van der Waals surface area (Å²) < 4.78 is 41.4. The maximum atomic E-state index is 14.1. The molecule has 12 heteroatoms. The van der Waals surface area contributed by atoms with Gasteiger partial charge in [0.05, 0.1) is 31.3 Å². The monoisotopic (exact) mass is 536 g/mol. The third-order valence-electron chi connectivity index (χ3n) is 6.26. The minimum Gasteiger partial charge on any atom is -0.356 e. The highest BCUT2D eigenvalue weighted by Gasteiger charge is 2.37. The Labute approximate surface area is 218 Å². The molecule has 38 heavy (non-hydrogen) atoms. The first kappa shape index (κ1) is 25.5. The molecular weight excluding hydrogens is 511 g/mol. The SMILES string of the molecule is CC(C)(F)C(=O)Nc1cc(-c2[nH]c3c(c2Cc2ccccc2)C(=O)CN(S(=O)(=O)c2cnc[nH]2)C3)ccn1. The summed E-state index contributed by atoms with van der Waals surface area (Å²) in [4.78, 5) is 39.4. The zero-order valence-corrected chi connectivity index (χ0v) is 21.5. The van der Waals surface area contributed by atoms with E-state index >= 15 is 0 Å². The van der Waals surface area contributed by atoms with E-state index in [1.165, 1.54) is 18.7 Å². The van der Waals surface area contributed by atoms with Crippen LogP contribution in [0.5, 0.6) is 0 Å². The number of halogens is 1. The normalized spacial score (nSPS) is 14.3. The molecule has 10 nitrogen and oxygen atoms in total. The van der Waals surface area contributed by atoms with Crippen LogP contribution in [0.2, 0.25) is 0 Å². The van der Waals surface area contributed by atoms with Crippen LogP contribution >= 0.6 is 0 Å². The van der Waals surface area contributed by atoms with Crippen LogP contribution in [0.15, 0.2) is 66.2 Å². The molecule has 1 aromatic carbocycles. The topological polar surface area (TPSA) is 141 Å². The van der Waals surface area contributed by atoms with Crippen LogP contribution < -0.4 is 5.32 Å². The Morgan fingerprint density at radius 1 is 1.18 bits per heavy atom. The number of aromatic amines is 2. The van der Waals surface area contributed by atoms with Crippen LogP contribution in [0.25, 0.3) is 11.3 Å². The molecule has 0 saturated carbocycles. The molecule has 4 aromatic rings. The molecule has 1 aliphatic rings. The lowest BCUT2D eigenvalue weighted by Gasteiger charge is -2.25. The lowest BCUT2D eigenvalue weighted by molar-refractivity contribution is -0.125. The summed E-state index contributed by atoms with van der Waals surface area (Å²) >= 11 is 0. The lowest BCUT2D eigenvalue weighted by atomic mass is 9.94. The van der Waals surface area contributed by atoms with E-state index in [1.54, 1.807) is 12.1 Å². The number of fused-ring (bicyclic) bond motifs is 1. The summed E-state index contributed by atoms with van der Waals surface area (Å²) in [6.45, 7) is 1.93. The molecule has 0 aliphatic carbocycles. The summed E-state index contributed by atoms with van der Waals surface area (Å²) in [6.07, 6.45) is 4.34. The van der Waals surface area contributed by atoms with E-state index in [-0.39, 0.29) is 29.7 Å². The van der Waals surface area contributed by atoms with Crippen LogP contribution in [-0.2, 0) is 27.8 Å². The average Bonchev–Trinajstić information content (AvgIpc) is 3.54. The number of Topliss-reactive ketones (excluding diaryl/α,β-unsaturated/α-hetero) is 1. The van der Waals surface area contributed by atoms with E-state index < -0.39 is 21.6 Å². The van der Waals surface area contributed by atoms with Gasteiger partial charge in [0, 0.05) is 29.4 Å². The summed E-state index contributed by atoms with van der Waals surface area (Å²) in [6, 6.07) is 12.8. The van der Waals surface area contributed by atoms with Gasteiger partial charge >= 0.3 is 0 Å². The first-order chi connectivity index (χ1) is 18.0. The van der Waals surface area contributed by atoms with Gasteiger partial charge in [0.25, 0.3) is 15.9 Å². The van der Waals surface area contributed by atoms with Gasteiger partial charge in [0.1, 0.15) is 5.82 Å². The molecule has 3 aromatic heterocycles.